The maximum atomic E-state index is 13.0. The number of nitrogens with two attached hydrogens (primary N) is 1. The molecule has 1 amide bonds. The van der Waals surface area contributed by atoms with E-state index in [0.29, 0.717) is 19.4 Å². The molecule has 0 fully saturated rings. The number of anilines is 1. The highest BCUT2D eigenvalue weighted by Gasteiger charge is 2.18. The van der Waals surface area contributed by atoms with E-state index < -0.39 is 11.6 Å². The number of carbonyl (C=O) groups is 1. The van der Waals surface area contributed by atoms with Crippen LogP contribution in [0.25, 0.3) is 0 Å². The summed E-state index contributed by atoms with van der Waals surface area (Å²) < 4.78 is 25.7. The summed E-state index contributed by atoms with van der Waals surface area (Å²) in [6.45, 7) is 4.67. The molecule has 0 aromatic heterocycles. The van der Waals surface area contributed by atoms with E-state index in [4.69, 9.17) is 5.73 Å². The Morgan fingerprint density at radius 3 is 2.53 bits per heavy atom. The van der Waals surface area contributed by atoms with Crippen molar-refractivity contribution in [3.05, 3.63) is 29.8 Å². The minimum absolute atomic E-state index is 0.000135. The molecule has 0 bridgehead atoms. The molecule has 0 atom stereocenters. The normalized spacial score (nSPS) is 11.4. The Hall–Kier alpha value is -1.49. The van der Waals surface area contributed by atoms with Crippen molar-refractivity contribution in [2.75, 3.05) is 11.9 Å². The standard InChI is InChI=1S/C14H20F2N2O/c1-14(2,7-8-17)6-5-13(19)18-10-3-4-11(15)12(16)9-10/h3-4,9H,5-8,17H2,1-2H3,(H,18,19). The topological polar surface area (TPSA) is 55.1 Å². The van der Waals surface area contributed by atoms with Crippen LogP contribution in [0.3, 0.4) is 0 Å². The van der Waals surface area contributed by atoms with Crippen LogP contribution in [0, 0.1) is 17.0 Å². The van der Waals surface area contributed by atoms with Gasteiger partial charge in [0.25, 0.3) is 0 Å². The molecule has 0 aliphatic carbocycles. The maximum Gasteiger partial charge on any atom is 0.224 e. The summed E-state index contributed by atoms with van der Waals surface area (Å²) in [6, 6.07) is 3.29. The summed E-state index contributed by atoms with van der Waals surface area (Å²) in [6.07, 6.45) is 1.86. The largest absolute Gasteiger partial charge is 0.330 e. The Bertz CT molecular complexity index is 447. The third-order valence-electron chi connectivity index (χ3n) is 3.05. The lowest BCUT2D eigenvalue weighted by Gasteiger charge is -2.23. The van der Waals surface area contributed by atoms with E-state index in [1.165, 1.54) is 6.07 Å². The average molecular weight is 270 g/mol. The van der Waals surface area contributed by atoms with Crippen molar-refractivity contribution in [3.8, 4) is 0 Å². The van der Waals surface area contributed by atoms with Gasteiger partial charge in [0.1, 0.15) is 0 Å². The highest BCUT2D eigenvalue weighted by atomic mass is 19.2. The number of hydrogen-bond donors (Lipinski definition) is 2. The molecule has 1 aromatic rings. The molecule has 106 valence electrons. The fraction of sp³-hybridized carbons (Fsp3) is 0.500. The van der Waals surface area contributed by atoms with Crippen molar-refractivity contribution in [1.29, 1.82) is 0 Å². The Labute approximate surface area is 112 Å². The zero-order chi connectivity index (χ0) is 14.5. The van der Waals surface area contributed by atoms with E-state index in [1.807, 2.05) is 13.8 Å². The molecule has 0 aliphatic rings. The smallest absolute Gasteiger partial charge is 0.224 e. The number of carbonyl (C=O) groups excluding carboxylic acids is 1. The number of nitrogens with one attached hydrogen (secondary N) is 1. The minimum atomic E-state index is -0.971. The van der Waals surface area contributed by atoms with Gasteiger partial charge in [-0.25, -0.2) is 8.78 Å². The number of hydrogen-bond acceptors (Lipinski definition) is 2. The first-order chi connectivity index (χ1) is 8.84. The summed E-state index contributed by atoms with van der Waals surface area (Å²) in [5, 5.41) is 2.55. The Balaban J connectivity index is 2.49. The summed E-state index contributed by atoms with van der Waals surface area (Å²) in [4.78, 5) is 11.7. The van der Waals surface area contributed by atoms with Crippen LogP contribution in [0.15, 0.2) is 18.2 Å². The first-order valence-electron chi connectivity index (χ1n) is 6.29. The predicted octanol–water partition coefficient (Wildman–Crippen LogP) is 3.06. The van der Waals surface area contributed by atoms with Crippen molar-refractivity contribution >= 4 is 11.6 Å². The average Bonchev–Trinajstić information content (AvgIpc) is 2.32. The Morgan fingerprint density at radius 2 is 1.95 bits per heavy atom. The van der Waals surface area contributed by atoms with Gasteiger partial charge in [0, 0.05) is 18.2 Å². The van der Waals surface area contributed by atoms with Crippen molar-refractivity contribution in [3.63, 3.8) is 0 Å². The van der Waals surface area contributed by atoms with E-state index in [-0.39, 0.29) is 17.0 Å². The van der Waals surface area contributed by atoms with Gasteiger partial charge in [0.2, 0.25) is 5.91 Å². The molecule has 1 rings (SSSR count). The molecule has 19 heavy (non-hydrogen) atoms. The first-order valence-corrected chi connectivity index (χ1v) is 6.29. The molecule has 0 spiro atoms. The highest BCUT2D eigenvalue weighted by molar-refractivity contribution is 5.90. The van der Waals surface area contributed by atoms with Crippen LogP contribution in [0.5, 0.6) is 0 Å². The van der Waals surface area contributed by atoms with Gasteiger partial charge in [-0.05, 0) is 36.9 Å². The lowest BCUT2D eigenvalue weighted by Crippen LogP contribution is -2.20. The van der Waals surface area contributed by atoms with Gasteiger partial charge in [0.05, 0.1) is 0 Å². The van der Waals surface area contributed by atoms with Crippen LogP contribution in [0.4, 0.5) is 14.5 Å². The summed E-state index contributed by atoms with van der Waals surface area (Å²) >= 11 is 0. The minimum Gasteiger partial charge on any atom is -0.330 e. The van der Waals surface area contributed by atoms with E-state index in [9.17, 15) is 13.6 Å². The van der Waals surface area contributed by atoms with E-state index in [0.717, 1.165) is 18.6 Å². The number of rotatable bonds is 6. The van der Waals surface area contributed by atoms with Crippen LogP contribution >= 0.6 is 0 Å². The molecule has 5 heteroatoms. The lowest BCUT2D eigenvalue weighted by molar-refractivity contribution is -0.116. The fourth-order valence-electron chi connectivity index (χ4n) is 1.77. The van der Waals surface area contributed by atoms with Gasteiger partial charge in [0.15, 0.2) is 11.6 Å². The van der Waals surface area contributed by atoms with Crippen LogP contribution < -0.4 is 11.1 Å². The van der Waals surface area contributed by atoms with Crippen molar-refractivity contribution in [2.45, 2.75) is 33.1 Å². The second-order valence-electron chi connectivity index (χ2n) is 5.38. The van der Waals surface area contributed by atoms with Crippen molar-refractivity contribution < 1.29 is 13.6 Å². The Morgan fingerprint density at radius 1 is 1.26 bits per heavy atom. The molecule has 0 saturated carbocycles. The molecule has 0 heterocycles. The van der Waals surface area contributed by atoms with Gasteiger partial charge in [-0.2, -0.15) is 0 Å². The van der Waals surface area contributed by atoms with Crippen LogP contribution in [0.2, 0.25) is 0 Å². The molecule has 0 aliphatic heterocycles. The van der Waals surface area contributed by atoms with Gasteiger partial charge in [-0.1, -0.05) is 13.8 Å². The van der Waals surface area contributed by atoms with E-state index >= 15 is 0 Å². The molecule has 0 unspecified atom stereocenters. The monoisotopic (exact) mass is 270 g/mol. The van der Waals surface area contributed by atoms with Gasteiger partial charge >= 0.3 is 0 Å². The van der Waals surface area contributed by atoms with Crippen LogP contribution in [-0.2, 0) is 4.79 Å². The lowest BCUT2D eigenvalue weighted by atomic mass is 9.84. The second-order valence-corrected chi connectivity index (χ2v) is 5.38. The SMILES string of the molecule is CC(C)(CCN)CCC(=O)Nc1ccc(F)c(F)c1. The molecular weight excluding hydrogens is 250 g/mol. The molecule has 1 aromatic carbocycles. The Kier molecular flexibility index (Phi) is 5.42. The van der Waals surface area contributed by atoms with Crippen molar-refractivity contribution in [2.24, 2.45) is 11.1 Å². The summed E-state index contributed by atoms with van der Waals surface area (Å²) in [5.74, 6) is -2.11. The molecule has 3 N–H and O–H groups in total. The van der Waals surface area contributed by atoms with Crippen LogP contribution in [0.1, 0.15) is 33.1 Å². The highest BCUT2D eigenvalue weighted by Crippen LogP contribution is 2.26. The third-order valence-corrected chi connectivity index (χ3v) is 3.05. The van der Waals surface area contributed by atoms with Gasteiger partial charge in [-0.15, -0.1) is 0 Å². The first kappa shape index (κ1) is 15.6. The number of halogens is 2. The number of benzene rings is 1. The molecule has 0 radical (unpaired) electrons. The second kappa shape index (κ2) is 6.61. The zero-order valence-corrected chi connectivity index (χ0v) is 11.3. The van der Waals surface area contributed by atoms with Crippen molar-refractivity contribution in [1.82, 2.24) is 0 Å². The van der Waals surface area contributed by atoms with Gasteiger partial charge in [-0.3, -0.25) is 4.79 Å². The maximum absolute atomic E-state index is 13.0. The molecule has 0 saturated heterocycles. The summed E-state index contributed by atoms with van der Waals surface area (Å²) in [5.41, 5.74) is 5.76. The van der Waals surface area contributed by atoms with Crippen LogP contribution in [-0.4, -0.2) is 12.5 Å². The quantitative estimate of drug-likeness (QED) is 0.834. The van der Waals surface area contributed by atoms with Gasteiger partial charge < -0.3 is 11.1 Å². The summed E-state index contributed by atoms with van der Waals surface area (Å²) in [7, 11) is 0. The molecule has 3 nitrogen and oxygen atoms in total. The van der Waals surface area contributed by atoms with E-state index in [2.05, 4.69) is 5.32 Å². The predicted molar refractivity (Wildman–Crippen MR) is 71.7 cm³/mol. The van der Waals surface area contributed by atoms with E-state index in [1.54, 1.807) is 0 Å². The zero-order valence-electron chi connectivity index (χ0n) is 11.3. The number of amides is 1. The molecular formula is C14H20F2N2O. The fourth-order valence-corrected chi connectivity index (χ4v) is 1.77. The third kappa shape index (κ3) is 5.34.